The monoisotopic (exact) mass is 305 g/mol. The summed E-state index contributed by atoms with van der Waals surface area (Å²) in [5.74, 6) is 0.676. The van der Waals surface area contributed by atoms with Crippen molar-refractivity contribution in [1.29, 1.82) is 0 Å². The summed E-state index contributed by atoms with van der Waals surface area (Å²) in [4.78, 5) is 4.48. The minimum atomic E-state index is 0.630. The van der Waals surface area contributed by atoms with E-state index in [9.17, 15) is 0 Å². The number of halogens is 1. The van der Waals surface area contributed by atoms with Crippen LogP contribution in [0.4, 0.5) is 0 Å². The average molecular weight is 306 g/mol. The second-order valence-corrected chi connectivity index (χ2v) is 5.42. The molecule has 0 saturated carbocycles. The molecule has 2 heterocycles. The zero-order valence-corrected chi connectivity index (χ0v) is 12.6. The van der Waals surface area contributed by atoms with Crippen LogP contribution in [0.25, 0.3) is 16.7 Å². The van der Waals surface area contributed by atoms with Gasteiger partial charge in [-0.2, -0.15) is 0 Å². The van der Waals surface area contributed by atoms with Crippen molar-refractivity contribution in [3.63, 3.8) is 0 Å². The van der Waals surface area contributed by atoms with Gasteiger partial charge in [0.25, 0.3) is 0 Å². The van der Waals surface area contributed by atoms with Gasteiger partial charge in [-0.1, -0.05) is 11.6 Å². The fourth-order valence-corrected chi connectivity index (χ4v) is 2.51. The molecule has 0 atom stereocenters. The van der Waals surface area contributed by atoms with Crippen LogP contribution in [0.1, 0.15) is 0 Å². The first-order valence-electron chi connectivity index (χ1n) is 5.95. The molecule has 4 nitrogen and oxygen atoms in total. The first-order valence-corrected chi connectivity index (χ1v) is 7.56. The first kappa shape index (κ1) is 13.3. The molecule has 0 amide bonds. The molecule has 3 aromatic rings. The van der Waals surface area contributed by atoms with Gasteiger partial charge in [0, 0.05) is 22.7 Å². The standard InChI is InChI=1S/C14H12ClN3OS/c1-19-12-7-10(15)4-5-11(12)18-8-9-3-6-13(20-2)16-14(9)17-18/h3-8H,1-2H3. The summed E-state index contributed by atoms with van der Waals surface area (Å²) >= 11 is 7.57. The number of pyridine rings is 1. The van der Waals surface area contributed by atoms with Crippen molar-refractivity contribution in [2.24, 2.45) is 0 Å². The molecule has 0 spiro atoms. The normalized spacial score (nSPS) is 10.9. The lowest BCUT2D eigenvalue weighted by molar-refractivity contribution is 0.412. The second-order valence-electron chi connectivity index (χ2n) is 4.16. The zero-order valence-electron chi connectivity index (χ0n) is 11.0. The Morgan fingerprint density at radius 1 is 1.25 bits per heavy atom. The summed E-state index contributed by atoms with van der Waals surface area (Å²) < 4.78 is 7.11. The summed E-state index contributed by atoms with van der Waals surface area (Å²) in [7, 11) is 1.61. The van der Waals surface area contributed by atoms with Crippen LogP contribution in [0.2, 0.25) is 5.02 Å². The Morgan fingerprint density at radius 3 is 2.85 bits per heavy atom. The number of nitrogens with zero attached hydrogens (tertiary/aromatic N) is 3. The number of fused-ring (bicyclic) bond motifs is 1. The Bertz CT molecular complexity index is 772. The Morgan fingerprint density at radius 2 is 2.10 bits per heavy atom. The highest BCUT2D eigenvalue weighted by atomic mass is 35.5. The molecule has 0 bridgehead atoms. The van der Waals surface area contributed by atoms with E-state index in [1.807, 2.05) is 36.7 Å². The summed E-state index contributed by atoms with van der Waals surface area (Å²) in [6.45, 7) is 0. The Balaban J connectivity index is 2.14. The molecule has 0 unspecified atom stereocenters. The van der Waals surface area contributed by atoms with Crippen LogP contribution < -0.4 is 4.74 Å². The van der Waals surface area contributed by atoms with Gasteiger partial charge in [-0.05, 0) is 30.5 Å². The van der Waals surface area contributed by atoms with E-state index in [2.05, 4.69) is 10.1 Å². The molecule has 2 aromatic heterocycles. The van der Waals surface area contributed by atoms with E-state index in [1.165, 1.54) is 0 Å². The molecular weight excluding hydrogens is 294 g/mol. The maximum absolute atomic E-state index is 5.98. The number of thioether (sulfide) groups is 1. The maximum Gasteiger partial charge on any atom is 0.182 e. The van der Waals surface area contributed by atoms with E-state index >= 15 is 0 Å². The van der Waals surface area contributed by atoms with Gasteiger partial charge in [0.15, 0.2) is 5.65 Å². The predicted molar refractivity (Wildman–Crippen MR) is 82.2 cm³/mol. The topological polar surface area (TPSA) is 39.9 Å². The summed E-state index contributed by atoms with van der Waals surface area (Å²) in [6.07, 6.45) is 3.92. The molecule has 0 fully saturated rings. The average Bonchev–Trinajstić information content (AvgIpc) is 2.89. The molecule has 0 radical (unpaired) electrons. The third kappa shape index (κ3) is 2.34. The Hall–Kier alpha value is -1.72. The number of benzene rings is 1. The van der Waals surface area contributed by atoms with Crippen LogP contribution in [0, 0.1) is 0 Å². The predicted octanol–water partition coefficient (Wildman–Crippen LogP) is 3.80. The third-order valence-electron chi connectivity index (χ3n) is 2.94. The molecule has 20 heavy (non-hydrogen) atoms. The summed E-state index contributed by atoms with van der Waals surface area (Å²) in [5, 5.41) is 7.06. The molecule has 0 aliphatic rings. The minimum Gasteiger partial charge on any atom is -0.494 e. The van der Waals surface area contributed by atoms with Gasteiger partial charge in [-0.3, -0.25) is 0 Å². The lowest BCUT2D eigenvalue weighted by atomic mass is 10.3. The quantitative estimate of drug-likeness (QED) is 0.690. The Labute approximate surface area is 125 Å². The zero-order chi connectivity index (χ0) is 14.1. The van der Waals surface area contributed by atoms with Gasteiger partial charge in [0.1, 0.15) is 11.4 Å². The van der Waals surface area contributed by atoms with E-state index in [4.69, 9.17) is 16.3 Å². The number of ether oxygens (including phenoxy) is 1. The SMILES string of the molecule is COc1cc(Cl)ccc1-n1cc2ccc(SC)nc2n1. The smallest absolute Gasteiger partial charge is 0.182 e. The van der Waals surface area contributed by atoms with Crippen molar-refractivity contribution < 1.29 is 4.74 Å². The Kier molecular flexibility index (Phi) is 3.54. The van der Waals surface area contributed by atoms with Crippen molar-refractivity contribution >= 4 is 34.4 Å². The second kappa shape index (κ2) is 5.34. The van der Waals surface area contributed by atoms with E-state index in [0.29, 0.717) is 16.4 Å². The molecule has 0 N–H and O–H groups in total. The molecule has 3 rings (SSSR count). The minimum absolute atomic E-state index is 0.630. The van der Waals surface area contributed by atoms with E-state index in [0.717, 1.165) is 16.1 Å². The van der Waals surface area contributed by atoms with Crippen LogP contribution in [0.15, 0.2) is 41.6 Å². The number of hydrogen-bond donors (Lipinski definition) is 0. The van der Waals surface area contributed by atoms with Crippen molar-refractivity contribution in [1.82, 2.24) is 14.8 Å². The van der Waals surface area contributed by atoms with Gasteiger partial charge in [-0.15, -0.1) is 16.9 Å². The van der Waals surface area contributed by atoms with E-state index in [1.54, 1.807) is 29.6 Å². The number of hydrogen-bond acceptors (Lipinski definition) is 4. The van der Waals surface area contributed by atoms with Crippen molar-refractivity contribution in [2.45, 2.75) is 5.03 Å². The molecule has 0 aliphatic carbocycles. The third-order valence-corrected chi connectivity index (χ3v) is 3.82. The van der Waals surface area contributed by atoms with Gasteiger partial charge < -0.3 is 4.74 Å². The summed E-state index contributed by atoms with van der Waals surface area (Å²) in [6, 6.07) is 9.46. The molecule has 0 aliphatic heterocycles. The number of methoxy groups -OCH3 is 1. The van der Waals surface area contributed by atoms with Crippen LogP contribution >= 0.6 is 23.4 Å². The molecule has 1 aromatic carbocycles. The highest BCUT2D eigenvalue weighted by Gasteiger charge is 2.10. The van der Waals surface area contributed by atoms with Gasteiger partial charge in [0.05, 0.1) is 12.1 Å². The largest absolute Gasteiger partial charge is 0.494 e. The molecule has 6 heteroatoms. The first-order chi connectivity index (χ1) is 9.71. The molecular formula is C14H12ClN3OS. The maximum atomic E-state index is 5.98. The van der Waals surface area contributed by atoms with Crippen LogP contribution in [0.3, 0.4) is 0 Å². The van der Waals surface area contributed by atoms with Crippen LogP contribution in [0.5, 0.6) is 5.75 Å². The highest BCUT2D eigenvalue weighted by Crippen LogP contribution is 2.27. The van der Waals surface area contributed by atoms with E-state index in [-0.39, 0.29) is 0 Å². The van der Waals surface area contributed by atoms with Crippen LogP contribution in [-0.2, 0) is 0 Å². The van der Waals surface area contributed by atoms with Gasteiger partial charge >= 0.3 is 0 Å². The molecule has 0 saturated heterocycles. The van der Waals surface area contributed by atoms with Crippen molar-refractivity contribution in [3.8, 4) is 11.4 Å². The fourth-order valence-electron chi connectivity index (χ4n) is 1.96. The van der Waals surface area contributed by atoms with Gasteiger partial charge in [0.2, 0.25) is 0 Å². The van der Waals surface area contributed by atoms with Gasteiger partial charge in [-0.25, -0.2) is 9.67 Å². The van der Waals surface area contributed by atoms with E-state index < -0.39 is 0 Å². The van der Waals surface area contributed by atoms with Crippen LogP contribution in [-0.4, -0.2) is 28.1 Å². The lowest BCUT2D eigenvalue weighted by Gasteiger charge is -2.08. The van der Waals surface area contributed by atoms with Crippen molar-refractivity contribution in [3.05, 3.63) is 41.6 Å². The number of aromatic nitrogens is 3. The lowest BCUT2D eigenvalue weighted by Crippen LogP contribution is -1.98. The summed E-state index contributed by atoms with van der Waals surface area (Å²) in [5.41, 5.74) is 1.55. The highest BCUT2D eigenvalue weighted by molar-refractivity contribution is 7.98. The molecule has 102 valence electrons. The number of rotatable bonds is 3. The van der Waals surface area contributed by atoms with Crippen molar-refractivity contribution in [2.75, 3.05) is 13.4 Å². The fraction of sp³-hybridized carbons (Fsp3) is 0.143.